The molecule has 0 amide bonds. The Bertz CT molecular complexity index is 670. The molecule has 1 aromatic rings. The Morgan fingerprint density at radius 3 is 2.19 bits per heavy atom. The molecule has 1 aliphatic rings. The Morgan fingerprint density at radius 1 is 1.04 bits per heavy atom. The molecule has 2 rings (SSSR count). The number of rotatable bonds is 6. The summed E-state index contributed by atoms with van der Waals surface area (Å²) in [5, 5.41) is 37.9. The summed E-state index contributed by atoms with van der Waals surface area (Å²) in [6.07, 6.45) is -10.1. The smallest absolute Gasteiger partial charge is 0.335 e. The van der Waals surface area contributed by atoms with Crippen LogP contribution in [0.4, 0.5) is 0 Å². The molecule has 10 heteroatoms. The molecule has 1 fully saturated rings. The molecule has 0 spiro atoms. The van der Waals surface area contributed by atoms with Crippen molar-refractivity contribution in [2.24, 2.45) is 0 Å². The fraction of sp³-hybridized carbons (Fsp3) is 0.438. The number of ether oxygens (including phenoxy) is 3. The summed E-state index contributed by atoms with van der Waals surface area (Å²) in [5.41, 5.74) is 0.215. The lowest BCUT2D eigenvalue weighted by molar-refractivity contribution is -0.286. The lowest BCUT2D eigenvalue weighted by Gasteiger charge is -2.37. The summed E-state index contributed by atoms with van der Waals surface area (Å²) in [5.74, 6) is -2.77. The topological polar surface area (TPSA) is 160 Å². The van der Waals surface area contributed by atoms with Gasteiger partial charge >= 0.3 is 11.9 Å². The van der Waals surface area contributed by atoms with Gasteiger partial charge in [0.2, 0.25) is 6.29 Å². The number of aliphatic hydroxyl groups is 3. The van der Waals surface area contributed by atoms with Crippen LogP contribution in [-0.4, -0.2) is 76.0 Å². The largest absolute Gasteiger partial charge is 0.497 e. The van der Waals surface area contributed by atoms with Crippen molar-refractivity contribution in [2.45, 2.75) is 37.1 Å². The predicted molar refractivity (Wildman–Crippen MR) is 82.4 cm³/mol. The first-order valence-corrected chi connectivity index (χ1v) is 7.53. The zero-order chi connectivity index (χ0) is 19.4. The van der Waals surface area contributed by atoms with Crippen molar-refractivity contribution in [3.05, 3.63) is 29.8 Å². The van der Waals surface area contributed by atoms with Gasteiger partial charge in [-0.25, -0.2) is 4.79 Å². The van der Waals surface area contributed by atoms with E-state index in [0.29, 0.717) is 5.75 Å². The molecule has 0 radical (unpaired) electrons. The predicted octanol–water partition coefficient (Wildman–Crippen LogP) is -1.30. The van der Waals surface area contributed by atoms with Crippen molar-refractivity contribution in [1.29, 1.82) is 0 Å². The standard InChI is InChI=1S/C16H18O10/c1-24-8-4-2-7(3-5-8)9(17)6-10(18)25-16-13(21)11(19)12(20)14(26-16)15(22)23/h2-5,11-14,16,19-21H,6H2,1H3,(H,22,23). The molecule has 5 atom stereocenters. The van der Waals surface area contributed by atoms with Crippen molar-refractivity contribution in [2.75, 3.05) is 7.11 Å². The number of carboxylic acids is 1. The van der Waals surface area contributed by atoms with Crippen LogP contribution in [0.25, 0.3) is 0 Å². The third-order valence-corrected chi connectivity index (χ3v) is 3.78. The van der Waals surface area contributed by atoms with E-state index >= 15 is 0 Å². The Labute approximate surface area is 147 Å². The van der Waals surface area contributed by atoms with Crippen molar-refractivity contribution in [3.8, 4) is 5.75 Å². The normalized spacial score (nSPS) is 28.2. The first-order valence-electron chi connectivity index (χ1n) is 7.53. The third kappa shape index (κ3) is 4.35. The molecule has 10 nitrogen and oxygen atoms in total. The van der Waals surface area contributed by atoms with Gasteiger partial charge in [-0.2, -0.15) is 0 Å². The highest BCUT2D eigenvalue weighted by molar-refractivity contribution is 6.06. The van der Waals surface area contributed by atoms with Crippen LogP contribution in [0.15, 0.2) is 24.3 Å². The summed E-state index contributed by atoms with van der Waals surface area (Å²) in [6.45, 7) is 0. The second-order valence-electron chi connectivity index (χ2n) is 5.55. The number of carboxylic acid groups (broad SMARTS) is 1. The van der Waals surface area contributed by atoms with Gasteiger partial charge in [0.05, 0.1) is 7.11 Å². The maximum atomic E-state index is 12.0. The van der Waals surface area contributed by atoms with Gasteiger partial charge in [-0.3, -0.25) is 9.59 Å². The molecule has 0 aliphatic carbocycles. The van der Waals surface area contributed by atoms with E-state index in [1.807, 2.05) is 0 Å². The van der Waals surface area contributed by atoms with E-state index in [2.05, 4.69) is 0 Å². The highest BCUT2D eigenvalue weighted by Crippen LogP contribution is 2.23. The van der Waals surface area contributed by atoms with Crippen molar-refractivity contribution in [1.82, 2.24) is 0 Å². The lowest BCUT2D eigenvalue weighted by atomic mass is 9.99. The van der Waals surface area contributed by atoms with Crippen molar-refractivity contribution < 1.29 is 49.0 Å². The number of hydrogen-bond donors (Lipinski definition) is 4. The maximum Gasteiger partial charge on any atom is 0.335 e. The molecule has 0 saturated carbocycles. The highest BCUT2D eigenvalue weighted by Gasteiger charge is 2.48. The zero-order valence-corrected chi connectivity index (χ0v) is 13.6. The van der Waals surface area contributed by atoms with Crippen LogP contribution < -0.4 is 4.74 Å². The number of carbonyl (C=O) groups is 3. The first-order chi connectivity index (χ1) is 12.2. The van der Waals surface area contributed by atoms with E-state index in [1.54, 1.807) is 0 Å². The van der Waals surface area contributed by atoms with E-state index in [-0.39, 0.29) is 5.56 Å². The monoisotopic (exact) mass is 370 g/mol. The summed E-state index contributed by atoms with van der Waals surface area (Å²) in [6, 6.07) is 5.95. The first kappa shape index (κ1) is 19.8. The van der Waals surface area contributed by atoms with E-state index < -0.39 is 54.8 Å². The fourth-order valence-corrected chi connectivity index (χ4v) is 2.33. The number of aliphatic carboxylic acids is 1. The number of hydrogen-bond acceptors (Lipinski definition) is 9. The Kier molecular flexibility index (Phi) is 6.27. The molecule has 1 heterocycles. The maximum absolute atomic E-state index is 12.0. The van der Waals surface area contributed by atoms with Crippen LogP contribution in [0.5, 0.6) is 5.75 Å². The Balaban J connectivity index is 1.99. The molecule has 0 bridgehead atoms. The third-order valence-electron chi connectivity index (χ3n) is 3.78. The van der Waals surface area contributed by atoms with Crippen LogP contribution >= 0.6 is 0 Å². The number of methoxy groups -OCH3 is 1. The molecule has 5 unspecified atom stereocenters. The van der Waals surface area contributed by atoms with Gasteiger partial charge in [-0.15, -0.1) is 0 Å². The van der Waals surface area contributed by atoms with Gasteiger partial charge in [-0.1, -0.05) is 0 Å². The minimum atomic E-state index is -1.90. The number of esters is 1. The van der Waals surface area contributed by atoms with Gasteiger partial charge in [0, 0.05) is 5.56 Å². The van der Waals surface area contributed by atoms with Gasteiger partial charge < -0.3 is 34.6 Å². The average Bonchev–Trinajstić information content (AvgIpc) is 2.61. The molecular weight excluding hydrogens is 352 g/mol. The second-order valence-corrected chi connectivity index (χ2v) is 5.55. The average molecular weight is 370 g/mol. The van der Waals surface area contributed by atoms with E-state index in [4.69, 9.17) is 19.3 Å². The minimum Gasteiger partial charge on any atom is -0.497 e. The van der Waals surface area contributed by atoms with E-state index in [9.17, 15) is 29.7 Å². The number of Topliss-reactive ketones (excluding diaryl/α,β-unsaturated/α-hetero) is 1. The van der Waals surface area contributed by atoms with Gasteiger partial charge in [0.25, 0.3) is 0 Å². The molecule has 1 aromatic carbocycles. The summed E-state index contributed by atoms with van der Waals surface area (Å²) >= 11 is 0. The second kappa shape index (κ2) is 8.23. The van der Waals surface area contributed by atoms with E-state index in [0.717, 1.165) is 0 Å². The van der Waals surface area contributed by atoms with Crippen LogP contribution in [0.1, 0.15) is 16.8 Å². The SMILES string of the molecule is COc1ccc(C(=O)CC(=O)OC2OC(C(=O)O)C(O)C(O)C2O)cc1. The molecule has 26 heavy (non-hydrogen) atoms. The molecule has 1 saturated heterocycles. The summed E-state index contributed by atoms with van der Waals surface area (Å²) < 4.78 is 14.5. The summed E-state index contributed by atoms with van der Waals surface area (Å²) in [7, 11) is 1.46. The Morgan fingerprint density at radius 2 is 1.65 bits per heavy atom. The summed E-state index contributed by atoms with van der Waals surface area (Å²) in [4.78, 5) is 34.9. The van der Waals surface area contributed by atoms with Gasteiger partial charge in [0.15, 0.2) is 11.9 Å². The Hall–Kier alpha value is -2.53. The molecular formula is C16H18O10. The molecule has 0 aromatic heterocycles. The number of carbonyl (C=O) groups excluding carboxylic acids is 2. The van der Waals surface area contributed by atoms with Crippen LogP contribution in [0.3, 0.4) is 0 Å². The quantitative estimate of drug-likeness (QED) is 0.269. The van der Waals surface area contributed by atoms with E-state index in [1.165, 1.54) is 31.4 Å². The highest BCUT2D eigenvalue weighted by atomic mass is 16.7. The molecule has 4 N–H and O–H groups in total. The number of aliphatic hydroxyl groups excluding tert-OH is 3. The molecule has 142 valence electrons. The van der Waals surface area contributed by atoms with Crippen molar-refractivity contribution in [3.63, 3.8) is 0 Å². The van der Waals surface area contributed by atoms with Crippen LogP contribution in [-0.2, 0) is 19.1 Å². The van der Waals surface area contributed by atoms with Crippen molar-refractivity contribution >= 4 is 17.7 Å². The number of ketones is 1. The lowest BCUT2D eigenvalue weighted by Crippen LogP contribution is -2.60. The van der Waals surface area contributed by atoms with Crippen LogP contribution in [0.2, 0.25) is 0 Å². The zero-order valence-electron chi connectivity index (χ0n) is 13.6. The molecule has 1 aliphatic heterocycles. The van der Waals surface area contributed by atoms with Gasteiger partial charge in [-0.05, 0) is 24.3 Å². The fourth-order valence-electron chi connectivity index (χ4n) is 2.33. The minimum absolute atomic E-state index is 0.215. The number of benzene rings is 1. The van der Waals surface area contributed by atoms with Gasteiger partial charge in [0.1, 0.15) is 30.5 Å². The van der Waals surface area contributed by atoms with Crippen LogP contribution in [0, 0.1) is 0 Å².